The van der Waals surface area contributed by atoms with Gasteiger partial charge in [0.1, 0.15) is 0 Å². The van der Waals surface area contributed by atoms with Crippen molar-refractivity contribution in [2.45, 2.75) is 58.5 Å². The Morgan fingerprint density at radius 1 is 1.21 bits per heavy atom. The molecule has 0 aromatic rings. The van der Waals surface area contributed by atoms with Gasteiger partial charge in [-0.2, -0.15) is 4.31 Å². The van der Waals surface area contributed by atoms with Gasteiger partial charge < -0.3 is 0 Å². The standard InChI is InChI=1S/C10H21NO2S/c1-4-8-14(12,13)11-9(2)6-5-7-10(11)3/h9-10H,4-8H2,1-3H3/t9-,10+. The second kappa shape index (κ2) is 4.62. The van der Waals surface area contributed by atoms with E-state index in [9.17, 15) is 8.42 Å². The molecule has 0 radical (unpaired) electrons. The van der Waals surface area contributed by atoms with Crippen LogP contribution in [0, 0.1) is 0 Å². The Morgan fingerprint density at radius 3 is 2.14 bits per heavy atom. The lowest BCUT2D eigenvalue weighted by Gasteiger charge is -2.37. The van der Waals surface area contributed by atoms with E-state index in [0.29, 0.717) is 12.2 Å². The largest absolute Gasteiger partial charge is 0.214 e. The molecule has 1 heterocycles. The molecule has 0 unspecified atom stereocenters. The Hall–Kier alpha value is -0.0900. The van der Waals surface area contributed by atoms with Crippen LogP contribution in [-0.4, -0.2) is 30.6 Å². The minimum atomic E-state index is -3.00. The van der Waals surface area contributed by atoms with Crippen LogP contribution in [0.1, 0.15) is 46.5 Å². The second-order valence-corrected chi connectivity index (χ2v) is 6.27. The van der Waals surface area contributed by atoms with Crippen molar-refractivity contribution in [3.8, 4) is 0 Å². The Labute approximate surface area is 87.5 Å². The minimum Gasteiger partial charge on any atom is -0.212 e. The van der Waals surface area contributed by atoms with E-state index in [1.54, 1.807) is 4.31 Å². The summed E-state index contributed by atoms with van der Waals surface area (Å²) in [6.45, 7) is 5.95. The van der Waals surface area contributed by atoms with Crippen LogP contribution < -0.4 is 0 Å². The fourth-order valence-electron chi connectivity index (χ4n) is 2.31. The molecule has 0 bridgehead atoms. The second-order valence-electron chi connectivity index (χ2n) is 4.27. The molecule has 1 fully saturated rings. The van der Waals surface area contributed by atoms with E-state index in [4.69, 9.17) is 0 Å². The topological polar surface area (TPSA) is 37.4 Å². The third kappa shape index (κ3) is 2.48. The number of hydrogen-bond donors (Lipinski definition) is 0. The molecule has 0 spiro atoms. The smallest absolute Gasteiger partial charge is 0.212 e. The quantitative estimate of drug-likeness (QED) is 0.728. The first-order valence-corrected chi connectivity index (χ1v) is 7.11. The van der Waals surface area contributed by atoms with Crippen LogP contribution in [0.3, 0.4) is 0 Å². The van der Waals surface area contributed by atoms with E-state index in [1.165, 1.54) is 0 Å². The summed E-state index contributed by atoms with van der Waals surface area (Å²) in [5, 5.41) is 0. The van der Waals surface area contributed by atoms with E-state index in [-0.39, 0.29) is 12.1 Å². The molecular formula is C10H21NO2S. The van der Waals surface area contributed by atoms with Crippen molar-refractivity contribution >= 4 is 10.0 Å². The zero-order valence-electron chi connectivity index (χ0n) is 9.36. The molecule has 4 heteroatoms. The van der Waals surface area contributed by atoms with Crippen LogP contribution in [0.2, 0.25) is 0 Å². The Morgan fingerprint density at radius 2 is 1.71 bits per heavy atom. The van der Waals surface area contributed by atoms with Gasteiger partial charge >= 0.3 is 0 Å². The average molecular weight is 219 g/mol. The third-order valence-corrected chi connectivity index (χ3v) is 5.18. The summed E-state index contributed by atoms with van der Waals surface area (Å²) in [5.74, 6) is 0.293. The molecule has 1 saturated heterocycles. The summed E-state index contributed by atoms with van der Waals surface area (Å²) in [5.41, 5.74) is 0. The Bertz CT molecular complexity index is 264. The van der Waals surface area contributed by atoms with Crippen LogP contribution in [-0.2, 0) is 10.0 Å². The molecule has 14 heavy (non-hydrogen) atoms. The average Bonchev–Trinajstić information content (AvgIpc) is 2.02. The monoisotopic (exact) mass is 219 g/mol. The molecule has 3 nitrogen and oxygen atoms in total. The molecule has 0 aromatic heterocycles. The SMILES string of the molecule is CCCS(=O)(=O)N1[C@H](C)CCC[C@@H]1C. The summed E-state index contributed by atoms with van der Waals surface area (Å²) >= 11 is 0. The molecule has 1 aliphatic rings. The van der Waals surface area contributed by atoms with Crippen molar-refractivity contribution < 1.29 is 8.42 Å². The number of rotatable bonds is 3. The lowest BCUT2D eigenvalue weighted by Crippen LogP contribution is -2.48. The third-order valence-electron chi connectivity index (χ3n) is 2.90. The van der Waals surface area contributed by atoms with Crippen molar-refractivity contribution in [2.24, 2.45) is 0 Å². The number of hydrogen-bond acceptors (Lipinski definition) is 2. The van der Waals surface area contributed by atoms with Crippen molar-refractivity contribution in [3.05, 3.63) is 0 Å². The fraction of sp³-hybridized carbons (Fsp3) is 1.00. The number of nitrogens with zero attached hydrogens (tertiary/aromatic N) is 1. The fourth-order valence-corrected chi connectivity index (χ4v) is 4.34. The first kappa shape index (κ1) is 12.0. The summed E-state index contributed by atoms with van der Waals surface area (Å²) in [4.78, 5) is 0. The lowest BCUT2D eigenvalue weighted by molar-refractivity contribution is 0.204. The van der Waals surface area contributed by atoms with Gasteiger partial charge in [0.05, 0.1) is 5.75 Å². The maximum Gasteiger partial charge on any atom is 0.214 e. The van der Waals surface area contributed by atoms with E-state index in [2.05, 4.69) is 0 Å². The zero-order chi connectivity index (χ0) is 10.8. The zero-order valence-corrected chi connectivity index (χ0v) is 10.2. The summed E-state index contributed by atoms with van der Waals surface area (Å²) in [6, 6.07) is 0.380. The Kier molecular flexibility index (Phi) is 3.95. The van der Waals surface area contributed by atoms with Gasteiger partial charge in [-0.05, 0) is 33.1 Å². The van der Waals surface area contributed by atoms with Crippen LogP contribution >= 0.6 is 0 Å². The molecule has 0 amide bonds. The number of piperidine rings is 1. The normalized spacial score (nSPS) is 30.5. The van der Waals surface area contributed by atoms with Gasteiger partial charge in [0.25, 0.3) is 0 Å². The van der Waals surface area contributed by atoms with Gasteiger partial charge in [-0.15, -0.1) is 0 Å². The molecule has 2 atom stereocenters. The molecule has 0 aliphatic carbocycles. The van der Waals surface area contributed by atoms with Gasteiger partial charge in [0.2, 0.25) is 10.0 Å². The van der Waals surface area contributed by atoms with Crippen molar-refractivity contribution in [2.75, 3.05) is 5.75 Å². The van der Waals surface area contributed by atoms with E-state index in [0.717, 1.165) is 19.3 Å². The van der Waals surface area contributed by atoms with Crippen LogP contribution in [0.15, 0.2) is 0 Å². The highest BCUT2D eigenvalue weighted by molar-refractivity contribution is 7.89. The number of sulfonamides is 1. The van der Waals surface area contributed by atoms with Gasteiger partial charge in [-0.25, -0.2) is 8.42 Å². The van der Waals surface area contributed by atoms with Gasteiger partial charge in [-0.3, -0.25) is 0 Å². The van der Waals surface area contributed by atoms with E-state index in [1.807, 2.05) is 20.8 Å². The predicted molar refractivity (Wildman–Crippen MR) is 58.7 cm³/mol. The van der Waals surface area contributed by atoms with E-state index >= 15 is 0 Å². The van der Waals surface area contributed by atoms with Crippen LogP contribution in [0.5, 0.6) is 0 Å². The maximum absolute atomic E-state index is 11.9. The summed E-state index contributed by atoms with van der Waals surface area (Å²) < 4.78 is 25.6. The molecule has 0 saturated carbocycles. The van der Waals surface area contributed by atoms with Gasteiger partial charge in [0, 0.05) is 12.1 Å². The van der Waals surface area contributed by atoms with Crippen molar-refractivity contribution in [1.29, 1.82) is 0 Å². The molecule has 0 aromatic carbocycles. The minimum absolute atomic E-state index is 0.190. The molecule has 1 aliphatic heterocycles. The predicted octanol–water partition coefficient (Wildman–Crippen LogP) is 1.99. The van der Waals surface area contributed by atoms with Crippen molar-refractivity contribution in [3.63, 3.8) is 0 Å². The van der Waals surface area contributed by atoms with Crippen LogP contribution in [0.25, 0.3) is 0 Å². The molecule has 1 rings (SSSR count). The highest BCUT2D eigenvalue weighted by Gasteiger charge is 2.33. The van der Waals surface area contributed by atoms with E-state index < -0.39 is 10.0 Å². The summed E-state index contributed by atoms with van der Waals surface area (Å²) in [7, 11) is -3.00. The molecule has 84 valence electrons. The Balaban J connectivity index is 2.82. The molecule has 0 N–H and O–H groups in total. The maximum atomic E-state index is 11.9. The lowest BCUT2D eigenvalue weighted by atomic mass is 10.0. The van der Waals surface area contributed by atoms with Crippen molar-refractivity contribution in [1.82, 2.24) is 4.31 Å². The summed E-state index contributed by atoms with van der Waals surface area (Å²) in [6.07, 6.45) is 3.87. The first-order valence-electron chi connectivity index (χ1n) is 5.50. The highest BCUT2D eigenvalue weighted by atomic mass is 32.2. The first-order chi connectivity index (χ1) is 6.49. The van der Waals surface area contributed by atoms with Gasteiger partial charge in [-0.1, -0.05) is 13.3 Å². The molecular weight excluding hydrogens is 198 g/mol. The van der Waals surface area contributed by atoms with Crippen LogP contribution in [0.4, 0.5) is 0 Å². The highest BCUT2D eigenvalue weighted by Crippen LogP contribution is 2.25. The van der Waals surface area contributed by atoms with Gasteiger partial charge in [0.15, 0.2) is 0 Å².